The zero-order valence-electron chi connectivity index (χ0n) is 11.9. The highest BCUT2D eigenvalue weighted by molar-refractivity contribution is 7.14. The maximum atomic E-state index is 13.0. The molecule has 0 spiro atoms. The number of thiazole rings is 1. The molecule has 6 heteroatoms. The molecule has 0 fully saturated rings. The van der Waals surface area contributed by atoms with Gasteiger partial charge in [0.25, 0.3) is 0 Å². The molecule has 1 amide bonds. The van der Waals surface area contributed by atoms with E-state index in [-0.39, 0.29) is 11.7 Å². The molecule has 2 aromatic heterocycles. The fraction of sp³-hybridized carbons (Fsp3) is 0. The predicted molar refractivity (Wildman–Crippen MR) is 89.4 cm³/mol. The smallest absolute Gasteiger partial charge is 0.249 e. The predicted octanol–water partition coefficient (Wildman–Crippen LogP) is 4.00. The lowest BCUT2D eigenvalue weighted by molar-refractivity contribution is -0.111. The van der Waals surface area contributed by atoms with Crippen LogP contribution < -0.4 is 5.32 Å². The maximum absolute atomic E-state index is 13.0. The molecule has 0 radical (unpaired) electrons. The van der Waals surface area contributed by atoms with Crippen LogP contribution in [0, 0.1) is 5.82 Å². The van der Waals surface area contributed by atoms with E-state index in [0.717, 1.165) is 5.56 Å². The summed E-state index contributed by atoms with van der Waals surface area (Å²) in [5.41, 5.74) is 3.70. The molecule has 23 heavy (non-hydrogen) atoms. The van der Waals surface area contributed by atoms with Crippen LogP contribution in [0.1, 0.15) is 5.69 Å². The number of pyridine rings is 1. The number of hydrogen-bond donors (Lipinski definition) is 1. The van der Waals surface area contributed by atoms with Gasteiger partial charge in [-0.25, -0.2) is 9.37 Å². The van der Waals surface area contributed by atoms with Crippen molar-refractivity contribution in [1.29, 1.82) is 0 Å². The SMILES string of the molecule is O=C(/C=C\c1ccccn1)Nc1scnc1-c1ccc(F)cc1. The van der Waals surface area contributed by atoms with Crippen molar-refractivity contribution in [3.63, 3.8) is 0 Å². The number of anilines is 1. The summed E-state index contributed by atoms with van der Waals surface area (Å²) < 4.78 is 13.0. The minimum atomic E-state index is -0.312. The van der Waals surface area contributed by atoms with E-state index in [1.54, 1.807) is 36.0 Å². The molecule has 4 nitrogen and oxygen atoms in total. The first-order valence-corrected chi connectivity index (χ1v) is 7.70. The number of carbonyl (C=O) groups excluding carboxylic acids is 1. The molecule has 1 N–H and O–H groups in total. The summed E-state index contributed by atoms with van der Waals surface area (Å²) in [5, 5.41) is 3.40. The van der Waals surface area contributed by atoms with Crippen molar-refractivity contribution in [2.45, 2.75) is 0 Å². The third-order valence-electron chi connectivity index (χ3n) is 3.02. The van der Waals surface area contributed by atoms with Gasteiger partial charge in [-0.2, -0.15) is 0 Å². The van der Waals surface area contributed by atoms with Crippen LogP contribution in [-0.2, 0) is 4.79 Å². The van der Waals surface area contributed by atoms with E-state index in [1.807, 2.05) is 12.1 Å². The lowest BCUT2D eigenvalue weighted by Gasteiger charge is -2.03. The van der Waals surface area contributed by atoms with Crippen LogP contribution in [0.4, 0.5) is 9.39 Å². The third-order valence-corrected chi connectivity index (χ3v) is 3.76. The van der Waals surface area contributed by atoms with Crippen molar-refractivity contribution in [3.05, 3.63) is 71.8 Å². The van der Waals surface area contributed by atoms with Gasteiger partial charge in [-0.15, -0.1) is 11.3 Å². The second kappa shape index (κ2) is 6.93. The van der Waals surface area contributed by atoms with E-state index in [1.165, 1.54) is 29.5 Å². The third kappa shape index (κ3) is 3.87. The Hall–Kier alpha value is -2.86. The van der Waals surface area contributed by atoms with E-state index >= 15 is 0 Å². The van der Waals surface area contributed by atoms with Crippen LogP contribution in [0.2, 0.25) is 0 Å². The second-order valence-electron chi connectivity index (χ2n) is 4.61. The Bertz CT molecular complexity index is 829. The highest BCUT2D eigenvalue weighted by Crippen LogP contribution is 2.30. The fourth-order valence-corrected chi connectivity index (χ4v) is 2.64. The Balaban J connectivity index is 1.74. The van der Waals surface area contributed by atoms with E-state index in [0.29, 0.717) is 16.4 Å². The van der Waals surface area contributed by atoms with Gasteiger partial charge in [-0.05, 0) is 42.5 Å². The van der Waals surface area contributed by atoms with E-state index in [9.17, 15) is 9.18 Å². The maximum Gasteiger partial charge on any atom is 0.249 e. The standard InChI is InChI=1S/C17H12FN3OS/c18-13-6-4-12(5-7-13)16-17(23-11-20-16)21-15(22)9-8-14-3-1-2-10-19-14/h1-11H,(H,21,22)/b9-8-. The largest absolute Gasteiger partial charge is 0.312 e. The second-order valence-corrected chi connectivity index (χ2v) is 5.47. The van der Waals surface area contributed by atoms with Crippen LogP contribution in [0.5, 0.6) is 0 Å². The average molecular weight is 325 g/mol. The quantitative estimate of drug-likeness (QED) is 0.738. The summed E-state index contributed by atoms with van der Waals surface area (Å²) in [4.78, 5) is 20.4. The van der Waals surface area contributed by atoms with Gasteiger partial charge in [-0.3, -0.25) is 9.78 Å². The number of hydrogen-bond acceptors (Lipinski definition) is 4. The Labute approximate surface area is 136 Å². The number of nitrogens with one attached hydrogen (secondary N) is 1. The van der Waals surface area contributed by atoms with Gasteiger partial charge >= 0.3 is 0 Å². The molecule has 0 unspecified atom stereocenters. The molecule has 1 aromatic carbocycles. The number of halogens is 1. The monoisotopic (exact) mass is 325 g/mol. The summed E-state index contributed by atoms with van der Waals surface area (Å²) in [6.45, 7) is 0. The molecule has 0 aliphatic rings. The van der Waals surface area contributed by atoms with Gasteiger partial charge in [-0.1, -0.05) is 6.07 Å². The molecule has 0 saturated carbocycles. The first kappa shape index (κ1) is 15.1. The van der Waals surface area contributed by atoms with Crippen LogP contribution >= 0.6 is 11.3 Å². The Morgan fingerprint density at radius 2 is 1.96 bits per heavy atom. The minimum Gasteiger partial charge on any atom is -0.312 e. The summed E-state index contributed by atoms with van der Waals surface area (Å²) in [6, 6.07) is 11.4. The number of aromatic nitrogens is 2. The number of amides is 1. The van der Waals surface area contributed by atoms with Crippen molar-refractivity contribution in [3.8, 4) is 11.3 Å². The molecular weight excluding hydrogens is 313 g/mol. The van der Waals surface area contributed by atoms with Crippen molar-refractivity contribution < 1.29 is 9.18 Å². The summed E-state index contributed by atoms with van der Waals surface area (Å²) >= 11 is 1.31. The molecule has 3 rings (SSSR count). The highest BCUT2D eigenvalue weighted by Gasteiger charge is 2.10. The van der Waals surface area contributed by atoms with Crippen molar-refractivity contribution in [2.24, 2.45) is 0 Å². The van der Waals surface area contributed by atoms with Gasteiger partial charge in [0.2, 0.25) is 5.91 Å². The molecule has 3 aromatic rings. The highest BCUT2D eigenvalue weighted by atomic mass is 32.1. The Morgan fingerprint density at radius 1 is 1.13 bits per heavy atom. The molecule has 0 bridgehead atoms. The van der Waals surface area contributed by atoms with Crippen molar-refractivity contribution >= 4 is 28.3 Å². The number of carbonyl (C=O) groups is 1. The van der Waals surface area contributed by atoms with Gasteiger partial charge in [0.05, 0.1) is 11.2 Å². The van der Waals surface area contributed by atoms with Crippen LogP contribution in [-0.4, -0.2) is 15.9 Å². The van der Waals surface area contributed by atoms with E-state index < -0.39 is 0 Å². The average Bonchev–Trinajstić information content (AvgIpc) is 3.03. The topological polar surface area (TPSA) is 54.9 Å². The van der Waals surface area contributed by atoms with Crippen LogP contribution in [0.15, 0.2) is 60.2 Å². The first-order chi connectivity index (χ1) is 11.2. The van der Waals surface area contributed by atoms with Gasteiger partial charge in [0, 0.05) is 17.8 Å². The van der Waals surface area contributed by atoms with E-state index in [4.69, 9.17) is 0 Å². The normalized spacial score (nSPS) is 10.8. The van der Waals surface area contributed by atoms with Gasteiger partial charge in [0.15, 0.2) is 0 Å². The molecule has 0 aliphatic carbocycles. The number of benzene rings is 1. The lowest BCUT2D eigenvalue weighted by Crippen LogP contribution is -2.07. The van der Waals surface area contributed by atoms with Crippen molar-refractivity contribution in [1.82, 2.24) is 9.97 Å². The summed E-state index contributed by atoms with van der Waals surface area (Å²) in [6.07, 6.45) is 4.71. The van der Waals surface area contributed by atoms with Crippen molar-refractivity contribution in [2.75, 3.05) is 5.32 Å². The Kier molecular flexibility index (Phi) is 4.54. The summed E-state index contributed by atoms with van der Waals surface area (Å²) in [5.74, 6) is -0.587. The van der Waals surface area contributed by atoms with Gasteiger partial charge in [0.1, 0.15) is 16.5 Å². The molecule has 2 heterocycles. The zero-order chi connectivity index (χ0) is 16.1. The summed E-state index contributed by atoms with van der Waals surface area (Å²) in [7, 11) is 0. The van der Waals surface area contributed by atoms with Gasteiger partial charge < -0.3 is 5.32 Å². The molecule has 0 aliphatic heterocycles. The number of nitrogens with zero attached hydrogens (tertiary/aromatic N) is 2. The zero-order valence-corrected chi connectivity index (χ0v) is 12.8. The molecule has 0 saturated heterocycles. The molecular formula is C17H12FN3OS. The lowest BCUT2D eigenvalue weighted by atomic mass is 10.1. The van der Waals surface area contributed by atoms with Crippen LogP contribution in [0.3, 0.4) is 0 Å². The van der Waals surface area contributed by atoms with E-state index in [2.05, 4.69) is 15.3 Å². The fourth-order valence-electron chi connectivity index (χ4n) is 1.94. The minimum absolute atomic E-state index is 0.275. The number of rotatable bonds is 4. The molecule has 0 atom stereocenters. The van der Waals surface area contributed by atoms with Crippen LogP contribution in [0.25, 0.3) is 17.3 Å². The molecule has 114 valence electrons. The first-order valence-electron chi connectivity index (χ1n) is 6.82. The Morgan fingerprint density at radius 3 is 2.70 bits per heavy atom.